The van der Waals surface area contributed by atoms with Crippen molar-refractivity contribution < 1.29 is 18.7 Å². The number of amides is 1. The van der Waals surface area contributed by atoms with Gasteiger partial charge in [0.15, 0.2) is 0 Å². The van der Waals surface area contributed by atoms with E-state index >= 15 is 0 Å². The maximum Gasteiger partial charge on any atom is 0.405 e. The summed E-state index contributed by atoms with van der Waals surface area (Å²) < 4.78 is 26.1. The highest BCUT2D eigenvalue weighted by atomic mass is 19.1. The van der Waals surface area contributed by atoms with Gasteiger partial charge in [0.1, 0.15) is 17.2 Å². The molecule has 4 aliphatic rings. The number of benzene rings is 2. The van der Waals surface area contributed by atoms with Crippen LogP contribution in [0.4, 0.5) is 9.18 Å². The number of ether oxygens (including phenoxy) is 2. The minimum Gasteiger partial charge on any atom is -0.497 e. The van der Waals surface area contributed by atoms with Crippen molar-refractivity contribution in [2.75, 3.05) is 26.7 Å². The van der Waals surface area contributed by atoms with Crippen molar-refractivity contribution >= 4 is 6.09 Å². The first kappa shape index (κ1) is 21.3. The highest BCUT2D eigenvalue weighted by Crippen LogP contribution is 2.60. The minimum atomic E-state index is -0.783. The maximum absolute atomic E-state index is 14.8. The smallest absolute Gasteiger partial charge is 0.405 e. The lowest BCUT2D eigenvalue weighted by atomic mass is 9.60. The van der Waals surface area contributed by atoms with Crippen molar-refractivity contribution in [3.05, 3.63) is 53.3 Å². The summed E-state index contributed by atoms with van der Waals surface area (Å²) in [5.41, 5.74) is 8.02. The van der Waals surface area contributed by atoms with E-state index in [4.69, 9.17) is 15.2 Å². The largest absolute Gasteiger partial charge is 0.497 e. The molecule has 2 aromatic rings. The number of carbonyl (C=O) groups excluding carboxylic acids is 1. The average Bonchev–Trinajstić information content (AvgIpc) is 2.99. The van der Waals surface area contributed by atoms with Crippen molar-refractivity contribution in [1.29, 1.82) is 0 Å². The molecule has 2 atom stereocenters. The van der Waals surface area contributed by atoms with Gasteiger partial charge in [-0.1, -0.05) is 32.0 Å². The van der Waals surface area contributed by atoms with Crippen molar-refractivity contribution in [2.45, 2.75) is 38.7 Å². The van der Waals surface area contributed by atoms with Crippen LogP contribution in [0.15, 0.2) is 36.4 Å². The number of primary amides is 1. The summed E-state index contributed by atoms with van der Waals surface area (Å²) in [6.07, 6.45) is 2.25. The summed E-state index contributed by atoms with van der Waals surface area (Å²) in [5.74, 6) is 0.865. The van der Waals surface area contributed by atoms with Gasteiger partial charge < -0.3 is 20.1 Å². The molecule has 2 aromatic carbocycles. The van der Waals surface area contributed by atoms with Gasteiger partial charge in [-0.05, 0) is 67.1 Å². The van der Waals surface area contributed by atoms with E-state index in [1.165, 1.54) is 13.2 Å². The van der Waals surface area contributed by atoms with E-state index in [2.05, 4.69) is 24.8 Å². The summed E-state index contributed by atoms with van der Waals surface area (Å²) in [4.78, 5) is 14.7. The van der Waals surface area contributed by atoms with Crippen LogP contribution in [0.2, 0.25) is 0 Å². The summed E-state index contributed by atoms with van der Waals surface area (Å²) in [6, 6.07) is 10.9. The highest BCUT2D eigenvalue weighted by Gasteiger charge is 2.62. The second kappa shape index (κ2) is 7.48. The average molecular weight is 439 g/mol. The van der Waals surface area contributed by atoms with E-state index < -0.39 is 11.7 Å². The molecule has 0 aromatic heterocycles. The molecule has 3 fully saturated rings. The van der Waals surface area contributed by atoms with E-state index in [1.54, 1.807) is 12.1 Å². The lowest BCUT2D eigenvalue weighted by Crippen LogP contribution is -2.60. The Morgan fingerprint density at radius 1 is 1.16 bits per heavy atom. The number of nitrogens with zero attached hydrogens (tertiary/aromatic N) is 1. The molecule has 3 heterocycles. The SMILES string of the molecule is COc1ccc(-c2ccc3c(c2)CC(C)(C)[C@]3(OC(N)=O)[C@@H]2CN3CCC2CC3)c(F)c1. The molecule has 5 nitrogen and oxygen atoms in total. The number of nitrogens with two attached hydrogens (primary N) is 1. The highest BCUT2D eigenvalue weighted by molar-refractivity contribution is 5.69. The van der Waals surface area contributed by atoms with Crippen LogP contribution in [-0.2, 0) is 16.8 Å². The van der Waals surface area contributed by atoms with E-state index in [9.17, 15) is 9.18 Å². The summed E-state index contributed by atoms with van der Waals surface area (Å²) in [5, 5.41) is 0. The fourth-order valence-corrected chi connectivity index (χ4v) is 6.65. The van der Waals surface area contributed by atoms with E-state index in [1.807, 2.05) is 12.1 Å². The van der Waals surface area contributed by atoms with Crippen LogP contribution in [0.5, 0.6) is 5.75 Å². The lowest BCUT2D eigenvalue weighted by Gasteiger charge is -2.55. The number of rotatable bonds is 4. The molecular formula is C26H31FN2O3. The number of methoxy groups -OCH3 is 1. The third kappa shape index (κ3) is 3.11. The number of hydrogen-bond donors (Lipinski definition) is 1. The topological polar surface area (TPSA) is 64.8 Å². The molecule has 0 unspecified atom stereocenters. The van der Waals surface area contributed by atoms with Crippen LogP contribution in [-0.4, -0.2) is 37.7 Å². The number of halogens is 1. The van der Waals surface area contributed by atoms with Crippen LogP contribution in [0.25, 0.3) is 11.1 Å². The van der Waals surface area contributed by atoms with E-state index in [0.29, 0.717) is 17.2 Å². The Morgan fingerprint density at radius 3 is 2.50 bits per heavy atom. The molecule has 170 valence electrons. The quantitative estimate of drug-likeness (QED) is 0.751. The zero-order chi connectivity index (χ0) is 22.7. The zero-order valence-electron chi connectivity index (χ0n) is 19.0. The monoisotopic (exact) mass is 438 g/mol. The molecule has 1 amide bonds. The first-order valence-corrected chi connectivity index (χ1v) is 11.4. The van der Waals surface area contributed by atoms with Crippen LogP contribution in [0, 0.1) is 23.1 Å². The molecule has 0 saturated carbocycles. The minimum absolute atomic E-state index is 0.192. The molecule has 3 saturated heterocycles. The van der Waals surface area contributed by atoms with Gasteiger partial charge in [0, 0.05) is 29.5 Å². The molecule has 1 aliphatic carbocycles. The Kier molecular flexibility index (Phi) is 4.97. The normalized spacial score (nSPS) is 30.1. The van der Waals surface area contributed by atoms with Crippen LogP contribution >= 0.6 is 0 Å². The first-order valence-electron chi connectivity index (χ1n) is 11.4. The maximum atomic E-state index is 14.8. The Labute approximate surface area is 188 Å². The zero-order valence-corrected chi connectivity index (χ0v) is 19.0. The standard InChI is InChI=1S/C26H31FN2O3/c1-25(2)14-18-12-17(20-6-5-19(31-3)13-23(20)27)4-7-21(18)26(25,32-24(28)30)22-15-29-10-8-16(22)9-11-29/h4-7,12-13,16,22H,8-11,14-15H2,1-3H3,(H2,28,30)/t22-,26-/m1/s1. The Morgan fingerprint density at radius 2 is 1.91 bits per heavy atom. The fraction of sp³-hybridized carbons (Fsp3) is 0.500. The molecule has 6 rings (SSSR count). The van der Waals surface area contributed by atoms with Crippen LogP contribution in [0.3, 0.4) is 0 Å². The van der Waals surface area contributed by atoms with Gasteiger partial charge in [-0.3, -0.25) is 0 Å². The van der Waals surface area contributed by atoms with Crippen molar-refractivity contribution in [2.24, 2.45) is 23.0 Å². The van der Waals surface area contributed by atoms with Gasteiger partial charge in [-0.25, -0.2) is 9.18 Å². The van der Waals surface area contributed by atoms with Crippen LogP contribution < -0.4 is 10.5 Å². The fourth-order valence-electron chi connectivity index (χ4n) is 6.65. The third-order valence-electron chi connectivity index (χ3n) is 8.07. The molecule has 3 aliphatic heterocycles. The van der Waals surface area contributed by atoms with E-state index in [0.717, 1.165) is 55.6 Å². The summed E-state index contributed by atoms with van der Waals surface area (Å²) >= 11 is 0. The summed E-state index contributed by atoms with van der Waals surface area (Å²) in [6.45, 7) is 7.46. The van der Waals surface area contributed by atoms with Crippen molar-refractivity contribution in [1.82, 2.24) is 4.90 Å². The van der Waals surface area contributed by atoms with Gasteiger partial charge in [0.25, 0.3) is 0 Å². The van der Waals surface area contributed by atoms with Crippen LogP contribution in [0.1, 0.15) is 37.8 Å². The lowest BCUT2D eigenvalue weighted by molar-refractivity contribution is -0.157. The third-order valence-corrected chi connectivity index (χ3v) is 8.07. The number of carbonyl (C=O) groups is 1. The molecule has 2 N–H and O–H groups in total. The number of piperidine rings is 3. The van der Waals surface area contributed by atoms with Gasteiger partial charge in [0.2, 0.25) is 0 Å². The van der Waals surface area contributed by atoms with E-state index in [-0.39, 0.29) is 17.2 Å². The van der Waals surface area contributed by atoms with Gasteiger partial charge in [0.05, 0.1) is 7.11 Å². The molecular weight excluding hydrogens is 407 g/mol. The van der Waals surface area contributed by atoms with Gasteiger partial charge >= 0.3 is 6.09 Å². The van der Waals surface area contributed by atoms with Crippen molar-refractivity contribution in [3.8, 4) is 16.9 Å². The second-order valence-corrected chi connectivity index (χ2v) is 10.2. The number of fused-ring (bicyclic) bond motifs is 4. The Bertz CT molecular complexity index is 1060. The molecule has 0 spiro atoms. The van der Waals surface area contributed by atoms with Gasteiger partial charge in [-0.15, -0.1) is 0 Å². The molecule has 0 radical (unpaired) electrons. The second-order valence-electron chi connectivity index (χ2n) is 10.2. The summed E-state index contributed by atoms with van der Waals surface area (Å²) in [7, 11) is 1.53. The molecule has 2 bridgehead atoms. The Hall–Kier alpha value is -2.60. The first-order chi connectivity index (χ1) is 15.2. The van der Waals surface area contributed by atoms with Crippen molar-refractivity contribution in [3.63, 3.8) is 0 Å². The number of hydrogen-bond acceptors (Lipinski definition) is 4. The Balaban J connectivity index is 1.62. The van der Waals surface area contributed by atoms with Gasteiger partial charge in [-0.2, -0.15) is 0 Å². The molecule has 6 heteroatoms. The predicted octanol–water partition coefficient (Wildman–Crippen LogP) is 4.72. The molecule has 32 heavy (non-hydrogen) atoms. The predicted molar refractivity (Wildman–Crippen MR) is 121 cm³/mol.